The van der Waals surface area contributed by atoms with E-state index < -0.39 is 0 Å². The Bertz CT molecular complexity index is 265. The highest BCUT2D eigenvalue weighted by atomic mass is 16.6. The summed E-state index contributed by atoms with van der Waals surface area (Å²) in [6.45, 7) is 5.66. The SMILES string of the molecule is CC(C)(C)OC(=O)CCCC[C@@H]1C[C@@H]1CC=O. The zero-order valence-electron chi connectivity index (χ0n) is 11.2. The minimum absolute atomic E-state index is 0.0993. The van der Waals surface area contributed by atoms with Crippen molar-refractivity contribution in [3.05, 3.63) is 0 Å². The molecule has 1 fully saturated rings. The van der Waals surface area contributed by atoms with Crippen LogP contribution >= 0.6 is 0 Å². The zero-order chi connectivity index (χ0) is 12.9. The number of carbonyl (C=O) groups is 2. The van der Waals surface area contributed by atoms with Crippen LogP contribution < -0.4 is 0 Å². The summed E-state index contributed by atoms with van der Waals surface area (Å²) in [5.41, 5.74) is -0.372. The number of carbonyl (C=O) groups excluding carboxylic acids is 2. The van der Waals surface area contributed by atoms with Crippen LogP contribution in [-0.4, -0.2) is 17.9 Å². The lowest BCUT2D eigenvalue weighted by Crippen LogP contribution is -2.23. The number of rotatable bonds is 7. The van der Waals surface area contributed by atoms with Gasteiger partial charge in [0.2, 0.25) is 0 Å². The standard InChI is InChI=1S/C14H24O3/c1-14(2,3)17-13(16)7-5-4-6-11-10-12(11)8-9-15/h9,11-12H,4-8,10H2,1-3H3/t11-,12+/m1/s1. The molecule has 0 radical (unpaired) electrons. The van der Waals surface area contributed by atoms with Crippen molar-refractivity contribution in [1.82, 2.24) is 0 Å². The summed E-state index contributed by atoms with van der Waals surface area (Å²) < 4.78 is 5.23. The molecule has 2 atom stereocenters. The first-order valence-corrected chi connectivity index (χ1v) is 6.58. The molecule has 0 aliphatic heterocycles. The van der Waals surface area contributed by atoms with Crippen LogP contribution in [0.2, 0.25) is 0 Å². The van der Waals surface area contributed by atoms with Gasteiger partial charge in [0.05, 0.1) is 0 Å². The molecule has 0 aromatic carbocycles. The predicted molar refractivity (Wildman–Crippen MR) is 66.6 cm³/mol. The number of unbranched alkanes of at least 4 members (excludes halogenated alkanes) is 1. The first kappa shape index (κ1) is 14.2. The van der Waals surface area contributed by atoms with Gasteiger partial charge in [-0.1, -0.05) is 12.8 Å². The molecule has 3 heteroatoms. The van der Waals surface area contributed by atoms with Gasteiger partial charge in [-0.15, -0.1) is 0 Å². The first-order valence-electron chi connectivity index (χ1n) is 6.58. The van der Waals surface area contributed by atoms with Gasteiger partial charge in [0.15, 0.2) is 0 Å². The third-order valence-electron chi connectivity index (χ3n) is 3.09. The van der Waals surface area contributed by atoms with Crippen LogP contribution in [0.1, 0.15) is 59.3 Å². The molecule has 3 nitrogen and oxygen atoms in total. The van der Waals surface area contributed by atoms with Crippen molar-refractivity contribution in [2.24, 2.45) is 11.8 Å². The lowest BCUT2D eigenvalue weighted by Gasteiger charge is -2.19. The number of aldehydes is 1. The Balaban J connectivity index is 1.98. The topological polar surface area (TPSA) is 43.4 Å². The average Bonchev–Trinajstić information content (AvgIpc) is 2.89. The molecule has 0 heterocycles. The van der Waals surface area contributed by atoms with Crippen LogP contribution in [0.3, 0.4) is 0 Å². The summed E-state index contributed by atoms with van der Waals surface area (Å²) in [6.07, 6.45) is 6.58. The van der Waals surface area contributed by atoms with E-state index in [0.29, 0.717) is 12.3 Å². The van der Waals surface area contributed by atoms with Crippen molar-refractivity contribution in [2.75, 3.05) is 0 Å². The van der Waals surface area contributed by atoms with Crippen molar-refractivity contribution < 1.29 is 14.3 Å². The van der Waals surface area contributed by atoms with Crippen LogP contribution in [0, 0.1) is 11.8 Å². The van der Waals surface area contributed by atoms with Gasteiger partial charge in [-0.2, -0.15) is 0 Å². The second-order valence-corrected chi connectivity index (χ2v) is 5.99. The van der Waals surface area contributed by atoms with Crippen molar-refractivity contribution in [1.29, 1.82) is 0 Å². The highest BCUT2D eigenvalue weighted by Crippen LogP contribution is 2.44. The molecule has 1 rings (SSSR count). The molecular weight excluding hydrogens is 216 g/mol. The Morgan fingerprint density at radius 1 is 1.29 bits per heavy atom. The number of hydrogen-bond donors (Lipinski definition) is 0. The van der Waals surface area contributed by atoms with Gasteiger partial charge in [-0.25, -0.2) is 0 Å². The Morgan fingerprint density at radius 3 is 2.59 bits per heavy atom. The monoisotopic (exact) mass is 240 g/mol. The third kappa shape index (κ3) is 6.44. The van der Waals surface area contributed by atoms with Crippen LogP contribution in [0.4, 0.5) is 0 Å². The molecule has 1 saturated carbocycles. The summed E-state index contributed by atoms with van der Waals surface area (Å²) in [4.78, 5) is 21.7. The van der Waals surface area contributed by atoms with Crippen molar-refractivity contribution in [3.8, 4) is 0 Å². The van der Waals surface area contributed by atoms with Gasteiger partial charge in [0.25, 0.3) is 0 Å². The predicted octanol–water partition coefficient (Wildman–Crippen LogP) is 3.11. The molecule has 17 heavy (non-hydrogen) atoms. The molecule has 0 aromatic rings. The lowest BCUT2D eigenvalue weighted by molar-refractivity contribution is -0.154. The highest BCUT2D eigenvalue weighted by molar-refractivity contribution is 5.69. The van der Waals surface area contributed by atoms with E-state index in [4.69, 9.17) is 4.74 Å². The molecule has 1 aliphatic rings. The summed E-state index contributed by atoms with van der Waals surface area (Å²) in [5, 5.41) is 0. The van der Waals surface area contributed by atoms with Crippen LogP contribution in [0.25, 0.3) is 0 Å². The van der Waals surface area contributed by atoms with Crippen LogP contribution in [0.5, 0.6) is 0 Å². The van der Waals surface area contributed by atoms with Gasteiger partial charge in [0.1, 0.15) is 11.9 Å². The fourth-order valence-corrected chi connectivity index (χ4v) is 2.14. The average molecular weight is 240 g/mol. The fourth-order valence-electron chi connectivity index (χ4n) is 2.14. The molecule has 0 unspecified atom stereocenters. The highest BCUT2D eigenvalue weighted by Gasteiger charge is 2.35. The summed E-state index contributed by atoms with van der Waals surface area (Å²) in [6, 6.07) is 0. The van der Waals surface area contributed by atoms with Gasteiger partial charge < -0.3 is 9.53 Å². The molecule has 0 bridgehead atoms. The fraction of sp³-hybridized carbons (Fsp3) is 0.857. The molecule has 0 aromatic heterocycles. The van der Waals surface area contributed by atoms with E-state index in [0.717, 1.165) is 37.9 Å². The maximum Gasteiger partial charge on any atom is 0.306 e. The lowest BCUT2D eigenvalue weighted by atomic mass is 10.1. The Labute approximate surface area is 104 Å². The summed E-state index contributed by atoms with van der Waals surface area (Å²) >= 11 is 0. The molecular formula is C14H24O3. The minimum Gasteiger partial charge on any atom is -0.460 e. The van der Waals surface area contributed by atoms with Crippen molar-refractivity contribution in [3.63, 3.8) is 0 Å². The normalized spacial score (nSPS) is 23.2. The van der Waals surface area contributed by atoms with E-state index in [2.05, 4.69) is 0 Å². The molecule has 0 spiro atoms. The minimum atomic E-state index is -0.372. The Morgan fingerprint density at radius 2 is 2.00 bits per heavy atom. The van der Waals surface area contributed by atoms with E-state index in [1.807, 2.05) is 20.8 Å². The molecule has 0 N–H and O–H groups in total. The van der Waals surface area contributed by atoms with E-state index in [9.17, 15) is 9.59 Å². The number of ether oxygens (including phenoxy) is 1. The van der Waals surface area contributed by atoms with E-state index in [1.54, 1.807) is 0 Å². The van der Waals surface area contributed by atoms with Gasteiger partial charge >= 0.3 is 5.97 Å². The largest absolute Gasteiger partial charge is 0.460 e. The van der Waals surface area contributed by atoms with Gasteiger partial charge in [0, 0.05) is 12.8 Å². The first-order chi connectivity index (χ1) is 7.92. The van der Waals surface area contributed by atoms with Crippen molar-refractivity contribution >= 4 is 12.3 Å². The van der Waals surface area contributed by atoms with Crippen molar-refractivity contribution in [2.45, 2.75) is 64.9 Å². The smallest absolute Gasteiger partial charge is 0.306 e. The summed E-state index contributed by atoms with van der Waals surface area (Å²) in [7, 11) is 0. The van der Waals surface area contributed by atoms with Gasteiger partial charge in [-0.05, 0) is 45.4 Å². The van der Waals surface area contributed by atoms with Gasteiger partial charge in [-0.3, -0.25) is 4.79 Å². The van der Waals surface area contributed by atoms with E-state index >= 15 is 0 Å². The molecule has 0 amide bonds. The Kier molecular flexibility index (Phi) is 5.16. The maximum atomic E-state index is 11.4. The second kappa shape index (κ2) is 6.18. The molecule has 0 saturated heterocycles. The second-order valence-electron chi connectivity index (χ2n) is 5.99. The number of hydrogen-bond acceptors (Lipinski definition) is 3. The van der Waals surface area contributed by atoms with Crippen LogP contribution in [-0.2, 0) is 14.3 Å². The quantitative estimate of drug-likeness (QED) is 0.390. The van der Waals surface area contributed by atoms with E-state index in [-0.39, 0.29) is 11.6 Å². The third-order valence-corrected chi connectivity index (χ3v) is 3.09. The van der Waals surface area contributed by atoms with Crippen LogP contribution in [0.15, 0.2) is 0 Å². The summed E-state index contributed by atoms with van der Waals surface area (Å²) in [5.74, 6) is 1.27. The molecule has 1 aliphatic carbocycles. The number of esters is 1. The molecule has 98 valence electrons. The Hall–Kier alpha value is -0.860. The maximum absolute atomic E-state index is 11.4. The van der Waals surface area contributed by atoms with E-state index in [1.165, 1.54) is 6.42 Å². The zero-order valence-corrected chi connectivity index (χ0v) is 11.2.